The number of aryl methyl sites for hydroxylation is 1. The minimum atomic E-state index is -0.236. The Balaban J connectivity index is 2.31. The van der Waals surface area contributed by atoms with Gasteiger partial charge in [0, 0.05) is 15.6 Å². The Morgan fingerprint density at radius 2 is 1.84 bits per heavy atom. The van der Waals surface area contributed by atoms with E-state index < -0.39 is 0 Å². The number of hydrogen-bond donors (Lipinski definition) is 2. The number of rotatable bonds is 2. The largest absolute Gasteiger partial charge is 0.508 e. The van der Waals surface area contributed by atoms with E-state index >= 15 is 0 Å². The minimum Gasteiger partial charge on any atom is -0.508 e. The molecule has 19 heavy (non-hydrogen) atoms. The Morgan fingerprint density at radius 1 is 1.16 bits per heavy atom. The summed E-state index contributed by atoms with van der Waals surface area (Å²) in [5.41, 5.74) is 2.80. The number of hydrogen-bond acceptors (Lipinski definition) is 2. The van der Waals surface area contributed by atoms with Crippen LogP contribution in [0.1, 0.15) is 21.5 Å². The van der Waals surface area contributed by atoms with Crippen LogP contribution in [0.15, 0.2) is 40.9 Å². The molecule has 1 amide bonds. The van der Waals surface area contributed by atoms with Crippen LogP contribution in [0.5, 0.6) is 5.75 Å². The van der Waals surface area contributed by atoms with Crippen molar-refractivity contribution in [2.45, 2.75) is 13.8 Å². The number of benzene rings is 2. The molecule has 0 aliphatic heterocycles. The van der Waals surface area contributed by atoms with Crippen molar-refractivity contribution in [2.75, 3.05) is 5.32 Å². The average molecular weight is 320 g/mol. The fourth-order valence-electron chi connectivity index (χ4n) is 1.80. The molecule has 4 heteroatoms. The molecule has 0 bridgehead atoms. The molecule has 2 aromatic carbocycles. The van der Waals surface area contributed by atoms with Crippen molar-refractivity contribution in [3.8, 4) is 5.75 Å². The summed E-state index contributed by atoms with van der Waals surface area (Å²) in [6.45, 7) is 3.68. The molecule has 3 nitrogen and oxygen atoms in total. The van der Waals surface area contributed by atoms with E-state index in [-0.39, 0.29) is 11.7 Å². The fourth-order valence-corrected chi connectivity index (χ4v) is 2.17. The third-order valence-electron chi connectivity index (χ3n) is 2.99. The average Bonchev–Trinajstić information content (AvgIpc) is 2.38. The van der Waals surface area contributed by atoms with Crippen LogP contribution in [0.4, 0.5) is 5.69 Å². The molecule has 0 aliphatic rings. The lowest BCUT2D eigenvalue weighted by molar-refractivity contribution is 0.102. The third-order valence-corrected chi connectivity index (χ3v) is 4.04. The molecule has 2 aromatic rings. The minimum absolute atomic E-state index is 0.121. The second-order valence-electron chi connectivity index (χ2n) is 4.34. The van der Waals surface area contributed by atoms with Gasteiger partial charge < -0.3 is 10.4 Å². The number of anilines is 1. The van der Waals surface area contributed by atoms with Crippen LogP contribution < -0.4 is 5.32 Å². The highest BCUT2D eigenvalue weighted by molar-refractivity contribution is 9.10. The maximum atomic E-state index is 12.2. The fraction of sp³-hybridized carbons (Fsp3) is 0.133. The van der Waals surface area contributed by atoms with Crippen molar-refractivity contribution in [3.63, 3.8) is 0 Å². The van der Waals surface area contributed by atoms with Gasteiger partial charge in [0.25, 0.3) is 5.91 Å². The number of phenols is 1. The zero-order valence-corrected chi connectivity index (χ0v) is 12.3. The summed E-state index contributed by atoms with van der Waals surface area (Å²) < 4.78 is 0.862. The molecule has 0 saturated heterocycles. The van der Waals surface area contributed by atoms with Gasteiger partial charge in [0.2, 0.25) is 0 Å². The summed E-state index contributed by atoms with van der Waals surface area (Å²) in [6.07, 6.45) is 0. The molecule has 0 unspecified atom stereocenters. The van der Waals surface area contributed by atoms with Crippen molar-refractivity contribution >= 4 is 27.5 Å². The van der Waals surface area contributed by atoms with Gasteiger partial charge in [0.15, 0.2) is 0 Å². The van der Waals surface area contributed by atoms with E-state index in [0.717, 1.165) is 10.0 Å². The number of amides is 1. The van der Waals surface area contributed by atoms with E-state index in [1.54, 1.807) is 25.1 Å². The first kappa shape index (κ1) is 13.6. The van der Waals surface area contributed by atoms with Gasteiger partial charge in [-0.05, 0) is 53.5 Å². The monoisotopic (exact) mass is 319 g/mol. The van der Waals surface area contributed by atoms with E-state index in [9.17, 15) is 9.90 Å². The molecule has 0 saturated carbocycles. The molecule has 0 heterocycles. The summed E-state index contributed by atoms with van der Waals surface area (Å²) in [7, 11) is 0. The standard InChI is InChI=1S/C15H14BrNO2/c1-9-5-3-7-12(14(9)16)17-15(19)11-6-4-8-13(18)10(11)2/h3-8,18H,1-2H3,(H,17,19). The van der Waals surface area contributed by atoms with E-state index in [1.165, 1.54) is 0 Å². The van der Waals surface area contributed by atoms with Gasteiger partial charge in [-0.15, -0.1) is 0 Å². The summed E-state index contributed by atoms with van der Waals surface area (Å²) in [5.74, 6) is -0.115. The van der Waals surface area contributed by atoms with E-state index in [4.69, 9.17) is 0 Å². The second kappa shape index (κ2) is 5.45. The Hall–Kier alpha value is -1.81. The van der Waals surface area contributed by atoms with Crippen LogP contribution in [0.25, 0.3) is 0 Å². The van der Waals surface area contributed by atoms with Gasteiger partial charge in [-0.25, -0.2) is 0 Å². The first-order valence-electron chi connectivity index (χ1n) is 5.85. The summed E-state index contributed by atoms with van der Waals surface area (Å²) in [4.78, 5) is 12.2. The van der Waals surface area contributed by atoms with E-state index in [0.29, 0.717) is 16.8 Å². The predicted molar refractivity (Wildman–Crippen MR) is 79.7 cm³/mol. The van der Waals surface area contributed by atoms with Crippen LogP contribution in [0, 0.1) is 13.8 Å². The topological polar surface area (TPSA) is 49.3 Å². The molecule has 0 aliphatic carbocycles. The summed E-state index contributed by atoms with van der Waals surface area (Å²) in [6, 6.07) is 10.6. The third kappa shape index (κ3) is 2.79. The number of carbonyl (C=O) groups excluding carboxylic acids is 1. The van der Waals surface area contributed by atoms with Crippen LogP contribution >= 0.6 is 15.9 Å². The quantitative estimate of drug-likeness (QED) is 0.878. The SMILES string of the molecule is Cc1cccc(NC(=O)c2cccc(O)c2C)c1Br. The van der Waals surface area contributed by atoms with Crippen molar-refractivity contribution < 1.29 is 9.90 Å². The van der Waals surface area contributed by atoms with Crippen molar-refractivity contribution in [3.05, 3.63) is 57.6 Å². The molecule has 0 spiro atoms. The molecule has 0 fully saturated rings. The molecule has 0 aromatic heterocycles. The Morgan fingerprint density at radius 3 is 2.58 bits per heavy atom. The molecular weight excluding hydrogens is 306 g/mol. The zero-order chi connectivity index (χ0) is 14.0. The number of halogens is 1. The molecular formula is C15H14BrNO2. The highest BCUT2D eigenvalue weighted by Crippen LogP contribution is 2.27. The van der Waals surface area contributed by atoms with Crippen LogP contribution in [0.2, 0.25) is 0 Å². The number of nitrogens with one attached hydrogen (secondary N) is 1. The van der Waals surface area contributed by atoms with Crippen LogP contribution in [-0.2, 0) is 0 Å². The Kier molecular flexibility index (Phi) is 3.90. The van der Waals surface area contributed by atoms with Gasteiger partial charge in [-0.2, -0.15) is 0 Å². The van der Waals surface area contributed by atoms with Gasteiger partial charge in [0.1, 0.15) is 5.75 Å². The first-order valence-corrected chi connectivity index (χ1v) is 6.65. The van der Waals surface area contributed by atoms with E-state index in [2.05, 4.69) is 21.2 Å². The van der Waals surface area contributed by atoms with Gasteiger partial charge in [-0.3, -0.25) is 4.79 Å². The number of aromatic hydroxyl groups is 1. The number of phenolic OH excluding ortho intramolecular Hbond substituents is 1. The Labute approximate surface area is 120 Å². The first-order chi connectivity index (χ1) is 9.00. The normalized spacial score (nSPS) is 10.3. The second-order valence-corrected chi connectivity index (χ2v) is 5.13. The smallest absolute Gasteiger partial charge is 0.256 e. The maximum Gasteiger partial charge on any atom is 0.256 e. The van der Waals surface area contributed by atoms with Crippen molar-refractivity contribution in [2.24, 2.45) is 0 Å². The highest BCUT2D eigenvalue weighted by atomic mass is 79.9. The van der Waals surface area contributed by atoms with Gasteiger partial charge >= 0.3 is 0 Å². The predicted octanol–water partition coefficient (Wildman–Crippen LogP) is 4.02. The lowest BCUT2D eigenvalue weighted by Crippen LogP contribution is -2.13. The maximum absolute atomic E-state index is 12.2. The molecule has 2 N–H and O–H groups in total. The van der Waals surface area contributed by atoms with Crippen LogP contribution in [0.3, 0.4) is 0 Å². The molecule has 2 rings (SSSR count). The Bertz CT molecular complexity index is 638. The van der Waals surface area contributed by atoms with Crippen molar-refractivity contribution in [1.29, 1.82) is 0 Å². The van der Waals surface area contributed by atoms with Crippen LogP contribution in [-0.4, -0.2) is 11.0 Å². The summed E-state index contributed by atoms with van der Waals surface area (Å²) in [5, 5.41) is 12.5. The number of carbonyl (C=O) groups is 1. The van der Waals surface area contributed by atoms with E-state index in [1.807, 2.05) is 25.1 Å². The van der Waals surface area contributed by atoms with Gasteiger partial charge in [0.05, 0.1) is 5.69 Å². The van der Waals surface area contributed by atoms with Gasteiger partial charge in [-0.1, -0.05) is 18.2 Å². The highest BCUT2D eigenvalue weighted by Gasteiger charge is 2.13. The molecule has 98 valence electrons. The van der Waals surface area contributed by atoms with Crippen molar-refractivity contribution in [1.82, 2.24) is 0 Å². The lowest BCUT2D eigenvalue weighted by atomic mass is 10.1. The molecule has 0 radical (unpaired) electrons. The zero-order valence-electron chi connectivity index (χ0n) is 10.7. The lowest BCUT2D eigenvalue weighted by Gasteiger charge is -2.11. The summed E-state index contributed by atoms with van der Waals surface area (Å²) >= 11 is 3.45. The molecule has 0 atom stereocenters.